The third-order valence-corrected chi connectivity index (χ3v) is 17.8. The zero-order chi connectivity index (χ0) is 104. The molecule has 0 fully saturated rings. The molecule has 0 saturated heterocycles. The molecule has 774 valence electrons. The van der Waals surface area contributed by atoms with E-state index in [1.54, 1.807) is 14.7 Å². The average molecular weight is 1980 g/mol. The second-order valence-electron chi connectivity index (χ2n) is 27.6. The van der Waals surface area contributed by atoms with E-state index in [4.69, 9.17) is 127 Å². The van der Waals surface area contributed by atoms with Gasteiger partial charge in [0.2, 0.25) is 35.4 Å². The lowest BCUT2D eigenvalue weighted by molar-refractivity contribution is -0.142. The molecule has 49 nitrogen and oxygen atoms in total. The van der Waals surface area contributed by atoms with Crippen molar-refractivity contribution in [2.45, 2.75) is 89.9 Å². The Hall–Kier alpha value is -10.8. The SMILES string of the molecule is C#CCN(CCC(=O)NCCN)CCC(=O)NCCN.C#CCN(CCC(=O)O)CCC(=O)O.C#CCN(CCC(=O)OC)CCC(=O)OC.C#CCOCCN(CCC(=O)NCCN)CCC(=O)NCCN.C#CCOCCN(CCC(=O)NCP(=O)(O)O)CCC(=O)NCP(=O)(O)O.C#CCOCCN(CCC(=O)O)CCC(=O)O.C#CCOCCN(CCC(=O)OC)CCC(=O)OC. The van der Waals surface area contributed by atoms with Crippen molar-refractivity contribution in [3.63, 3.8) is 0 Å². The third-order valence-electron chi connectivity index (χ3n) is 16.7. The Kier molecular flexibility index (Phi) is 100. The molecule has 0 aliphatic carbocycles. The average Bonchev–Trinajstić information content (AvgIpc) is 0.918. The van der Waals surface area contributed by atoms with Gasteiger partial charge < -0.3 is 143 Å². The lowest BCUT2D eigenvalue weighted by Gasteiger charge is -2.21. The van der Waals surface area contributed by atoms with Gasteiger partial charge in [-0.05, 0) is 0 Å². The molecule has 0 aromatic carbocycles. The fourth-order valence-corrected chi connectivity index (χ4v) is 10.3. The number of carboxylic acid groups (broad SMARTS) is 4. The number of carboxylic acids is 4. The van der Waals surface area contributed by atoms with Crippen molar-refractivity contribution >= 4 is 98.4 Å². The van der Waals surface area contributed by atoms with Crippen molar-refractivity contribution in [2.75, 3.05) is 284 Å². The zero-order valence-corrected chi connectivity index (χ0v) is 80.5. The summed E-state index contributed by atoms with van der Waals surface area (Å²) >= 11 is 0. The van der Waals surface area contributed by atoms with E-state index < -0.39 is 63.5 Å². The molecular formula is C85H147N17O32P2. The van der Waals surface area contributed by atoms with Crippen molar-refractivity contribution in [2.24, 2.45) is 22.9 Å². The molecule has 0 unspecified atom stereocenters. The van der Waals surface area contributed by atoms with Gasteiger partial charge in [-0.2, -0.15) is 0 Å². The summed E-state index contributed by atoms with van der Waals surface area (Å²) < 4.78 is 60.2. The fourth-order valence-electron chi connectivity index (χ4n) is 9.58. The molecule has 22 N–H and O–H groups in total. The van der Waals surface area contributed by atoms with Crippen LogP contribution in [0.25, 0.3) is 0 Å². The molecule has 0 aliphatic rings. The molecule has 0 saturated carbocycles. The van der Waals surface area contributed by atoms with Gasteiger partial charge in [-0.1, -0.05) is 41.4 Å². The second-order valence-corrected chi connectivity index (χ2v) is 30.9. The second kappa shape index (κ2) is 98.7. The molecule has 0 rings (SSSR count). The van der Waals surface area contributed by atoms with Crippen LogP contribution in [0.15, 0.2) is 0 Å². The maximum absolute atomic E-state index is 11.6. The summed E-state index contributed by atoms with van der Waals surface area (Å²) in [5.41, 5.74) is 21.3. The molecule has 0 aromatic heterocycles. The van der Waals surface area contributed by atoms with E-state index in [1.807, 2.05) is 19.6 Å². The topological polar surface area (TPSA) is 708 Å². The van der Waals surface area contributed by atoms with Gasteiger partial charge in [-0.15, -0.1) is 45.0 Å². The Morgan fingerprint density at radius 2 is 0.434 bits per heavy atom. The fraction of sp³-hybridized carbons (Fsp3) is 0.671. The predicted molar refractivity (Wildman–Crippen MR) is 502 cm³/mol. The maximum atomic E-state index is 11.6. The highest BCUT2D eigenvalue weighted by atomic mass is 31.2. The van der Waals surface area contributed by atoms with Crippen LogP contribution in [0.4, 0.5) is 0 Å². The van der Waals surface area contributed by atoms with Gasteiger partial charge in [0.15, 0.2) is 0 Å². The van der Waals surface area contributed by atoms with E-state index in [0.29, 0.717) is 203 Å². The Labute approximate surface area is 798 Å². The van der Waals surface area contributed by atoms with Crippen LogP contribution in [0.3, 0.4) is 0 Å². The number of methoxy groups -OCH3 is 4. The minimum atomic E-state index is -4.34. The number of rotatable bonds is 73. The molecule has 0 heterocycles. The van der Waals surface area contributed by atoms with E-state index in [9.17, 15) is 76.3 Å². The van der Waals surface area contributed by atoms with Crippen LogP contribution in [-0.2, 0) is 114 Å². The molecule has 0 atom stereocenters. The highest BCUT2D eigenvalue weighted by molar-refractivity contribution is 7.52. The van der Waals surface area contributed by atoms with E-state index in [1.165, 1.54) is 28.4 Å². The number of hydrogen-bond donors (Lipinski definition) is 18. The first-order chi connectivity index (χ1) is 64.6. The lowest BCUT2D eigenvalue weighted by Crippen LogP contribution is -2.37. The summed E-state index contributed by atoms with van der Waals surface area (Å²) in [6.07, 6.45) is 36.4. The number of nitrogens with zero attached hydrogens (tertiary/aromatic N) is 7. The van der Waals surface area contributed by atoms with E-state index >= 15 is 0 Å². The number of ether oxygens (including phenoxy) is 8. The van der Waals surface area contributed by atoms with E-state index in [2.05, 4.69) is 92.3 Å². The molecule has 136 heavy (non-hydrogen) atoms. The molecular weight excluding hydrogens is 1830 g/mol. The Morgan fingerprint density at radius 1 is 0.265 bits per heavy atom. The number of nitrogens with one attached hydrogen (secondary N) is 6. The Bertz CT molecular complexity index is 3560. The molecule has 0 bridgehead atoms. The molecule has 0 radical (unpaired) electrons. The van der Waals surface area contributed by atoms with Gasteiger partial charge in [0.05, 0.1) is 126 Å². The van der Waals surface area contributed by atoms with Crippen LogP contribution in [0.1, 0.15) is 89.9 Å². The monoisotopic (exact) mass is 1980 g/mol. The summed E-state index contributed by atoms with van der Waals surface area (Å²) in [7, 11) is -3.32. The summed E-state index contributed by atoms with van der Waals surface area (Å²) in [4.78, 5) is 202. The lowest BCUT2D eigenvalue weighted by atomic mass is 10.3. The number of esters is 4. The number of carbonyl (C=O) groups is 14. The van der Waals surface area contributed by atoms with Crippen molar-refractivity contribution in [3.05, 3.63) is 0 Å². The Morgan fingerprint density at radius 3 is 0.603 bits per heavy atom. The summed E-state index contributed by atoms with van der Waals surface area (Å²) in [5, 5.41) is 48.9. The molecule has 6 amide bonds. The number of aliphatic carboxylic acids is 4. The molecule has 0 spiro atoms. The minimum Gasteiger partial charge on any atom is -0.481 e. The van der Waals surface area contributed by atoms with Crippen molar-refractivity contribution in [1.29, 1.82) is 0 Å². The van der Waals surface area contributed by atoms with Gasteiger partial charge in [-0.3, -0.25) is 101 Å². The van der Waals surface area contributed by atoms with Crippen LogP contribution in [-0.4, -0.2) is 441 Å². The number of hydrogen-bond acceptors (Lipinski definition) is 35. The highest BCUT2D eigenvalue weighted by Gasteiger charge is 2.21. The number of amides is 6. The molecule has 0 aromatic rings. The van der Waals surface area contributed by atoms with E-state index in [-0.39, 0.29) is 177 Å². The molecule has 51 heteroatoms. The van der Waals surface area contributed by atoms with Crippen molar-refractivity contribution < 1.29 is 154 Å². The minimum absolute atomic E-state index is 0.0191. The maximum Gasteiger partial charge on any atom is 0.344 e. The predicted octanol–water partition coefficient (Wildman–Crippen LogP) is -6.19. The first-order valence-electron chi connectivity index (χ1n) is 42.6. The van der Waals surface area contributed by atoms with Gasteiger partial charge in [-0.25, -0.2) is 0 Å². The van der Waals surface area contributed by atoms with Crippen LogP contribution in [0, 0.1) is 86.4 Å². The number of nitrogens with two attached hydrogens (primary N) is 4. The van der Waals surface area contributed by atoms with Crippen LogP contribution < -0.4 is 54.8 Å². The van der Waals surface area contributed by atoms with Gasteiger partial charge in [0.25, 0.3) is 0 Å². The first kappa shape index (κ1) is 138. The largest absolute Gasteiger partial charge is 0.481 e. The summed E-state index contributed by atoms with van der Waals surface area (Å²) in [6.45, 7) is 14.6. The highest BCUT2D eigenvalue weighted by Crippen LogP contribution is 2.32. The van der Waals surface area contributed by atoms with Gasteiger partial charge in [0, 0.05) is 209 Å². The zero-order valence-electron chi connectivity index (χ0n) is 78.7. The van der Waals surface area contributed by atoms with Crippen LogP contribution in [0.5, 0.6) is 0 Å². The standard InChI is InChI=1S/C15H29N5O3.C13H25N5O2.C13H25N3O9P2.C13H21NO5.C11H17NO5.C11H17NO4.C9H13NO4/c1-2-12-23-13-11-20(9-3-14(21)18-7-5-16)10-4-15(22)19-8-6-17;1-2-9-18(10-3-12(19)16-7-5-14)11-4-13(20)17-8-6-15;1-2-8-25-9-7-16(5-3-12(17)14-10-26(19,20)21)6-4-13(18)15-11-27(22,23)24;1-4-10-19-11-9-14(7-5-12(15)17-2)8-6-13(16)18-3;1-2-8-17-9-7-12(5-3-10(13)14)6-4-11(15)16;1-4-7-12(8-5-10(13)15-2)9-6-11(14)16-3;1-2-5-10(6-3-8(11)12)7-4-9(13)14/h1H,3-13,16-17H2,(H,18,21)(H,19,22);1H,3-11,14-15H2,(H,16,19)(H,17,20);1H,3-11H2,(H,14,17)(H,15,18)(H2,19,20,21)(H2,22,23,24);1H,5-11H2,2-3H3;1H,3-9H2,(H,13,14)(H,15,16);1H,5-9H2,2-3H3;1H,3-7H2,(H,11,12)(H,13,14). The summed E-state index contributed by atoms with van der Waals surface area (Å²) in [5.74, 6) is 10.5. The quantitative estimate of drug-likeness (QED) is 0.00886. The first-order valence-corrected chi connectivity index (χ1v) is 46.2. The van der Waals surface area contributed by atoms with E-state index in [0.717, 1.165) is 0 Å². The van der Waals surface area contributed by atoms with Crippen LogP contribution >= 0.6 is 15.2 Å². The van der Waals surface area contributed by atoms with Crippen molar-refractivity contribution in [1.82, 2.24) is 66.2 Å². The molecule has 0 aliphatic heterocycles. The summed E-state index contributed by atoms with van der Waals surface area (Å²) in [6, 6.07) is 0. The smallest absolute Gasteiger partial charge is 0.344 e. The van der Waals surface area contributed by atoms with Gasteiger partial charge in [0.1, 0.15) is 39.0 Å². The number of terminal acetylenes is 7. The van der Waals surface area contributed by atoms with Crippen LogP contribution in [0.2, 0.25) is 0 Å². The normalized spacial score (nSPS) is 10.4. The number of carbonyl (C=O) groups excluding carboxylic acids is 10. The third kappa shape index (κ3) is 112. The Balaban J connectivity index is -0.000000288. The van der Waals surface area contributed by atoms with Gasteiger partial charge >= 0.3 is 62.9 Å². The van der Waals surface area contributed by atoms with Crippen molar-refractivity contribution in [3.8, 4) is 86.4 Å².